The smallest absolute Gasteiger partial charge is 0.105 e. The van der Waals surface area contributed by atoms with E-state index in [1.54, 1.807) is 7.11 Å². The first kappa shape index (κ1) is 14.0. The average Bonchev–Trinajstić information content (AvgIpc) is 3.05. The fraction of sp³-hybridized carbons (Fsp3) is 0.800. The van der Waals surface area contributed by atoms with Crippen molar-refractivity contribution in [2.75, 3.05) is 46.6 Å². The minimum Gasteiger partial charge on any atom is -0.384 e. The molecule has 0 amide bonds. The van der Waals surface area contributed by atoms with Gasteiger partial charge in [0, 0.05) is 50.5 Å². The summed E-state index contributed by atoms with van der Waals surface area (Å²) in [6, 6.07) is 0. The topological polar surface area (TPSA) is 39.5 Å². The van der Waals surface area contributed by atoms with Crippen LogP contribution in [0, 0.1) is 18.3 Å². The van der Waals surface area contributed by atoms with Crippen molar-refractivity contribution in [3.63, 3.8) is 0 Å². The number of aromatic nitrogens is 2. The maximum absolute atomic E-state index is 5.68. The number of aryl methyl sites for hydroxylation is 2. The molecule has 0 saturated carbocycles. The fourth-order valence-electron chi connectivity index (χ4n) is 3.71. The van der Waals surface area contributed by atoms with E-state index in [4.69, 9.17) is 9.47 Å². The van der Waals surface area contributed by atoms with Crippen molar-refractivity contribution in [1.82, 2.24) is 14.5 Å². The van der Waals surface area contributed by atoms with Crippen LogP contribution in [0.5, 0.6) is 0 Å². The standard InChI is InChI=1S/C15H25N3O2/c1-13-16-4-7-18(13)6-3-5-17-8-14-9-20-12-15(14,10-17)11-19-2/h4,7,14H,3,5-6,8-12H2,1-2H3/t14-,15-/m0/s1. The second-order valence-electron chi connectivity index (χ2n) is 6.26. The summed E-state index contributed by atoms with van der Waals surface area (Å²) < 4.78 is 13.3. The number of ether oxygens (including phenoxy) is 2. The normalized spacial score (nSPS) is 30.0. The molecule has 0 aliphatic carbocycles. The second-order valence-corrected chi connectivity index (χ2v) is 6.26. The molecule has 0 unspecified atom stereocenters. The summed E-state index contributed by atoms with van der Waals surface area (Å²) >= 11 is 0. The minimum absolute atomic E-state index is 0.250. The molecule has 0 aromatic carbocycles. The molecule has 20 heavy (non-hydrogen) atoms. The third-order valence-corrected chi connectivity index (χ3v) is 4.82. The number of likely N-dealkylation sites (tertiary alicyclic amines) is 1. The molecule has 2 saturated heterocycles. The van der Waals surface area contributed by atoms with Gasteiger partial charge < -0.3 is 18.9 Å². The summed E-state index contributed by atoms with van der Waals surface area (Å²) in [6.45, 7) is 9.14. The Morgan fingerprint density at radius 3 is 3.15 bits per heavy atom. The lowest BCUT2D eigenvalue weighted by Gasteiger charge is -2.26. The SMILES string of the molecule is COC[C@@]12COC[C@@H]1CN(CCCn1ccnc1C)C2. The average molecular weight is 279 g/mol. The van der Waals surface area contributed by atoms with Gasteiger partial charge in [0.25, 0.3) is 0 Å². The quantitative estimate of drug-likeness (QED) is 0.784. The summed E-state index contributed by atoms with van der Waals surface area (Å²) in [7, 11) is 1.80. The van der Waals surface area contributed by atoms with Gasteiger partial charge in [-0.15, -0.1) is 0 Å². The van der Waals surface area contributed by atoms with Crippen molar-refractivity contribution in [2.45, 2.75) is 19.9 Å². The summed E-state index contributed by atoms with van der Waals surface area (Å²) in [5.41, 5.74) is 0.250. The van der Waals surface area contributed by atoms with Crippen LogP contribution in [0.4, 0.5) is 0 Å². The highest BCUT2D eigenvalue weighted by Gasteiger charge is 2.50. The van der Waals surface area contributed by atoms with Crippen LogP contribution in [0.15, 0.2) is 12.4 Å². The van der Waals surface area contributed by atoms with Crippen molar-refractivity contribution in [3.05, 3.63) is 18.2 Å². The number of hydrogen-bond acceptors (Lipinski definition) is 4. The lowest BCUT2D eigenvalue weighted by Crippen LogP contribution is -2.35. The highest BCUT2D eigenvalue weighted by molar-refractivity contribution is 5.00. The summed E-state index contributed by atoms with van der Waals surface area (Å²) in [5.74, 6) is 1.75. The van der Waals surface area contributed by atoms with E-state index in [0.717, 1.165) is 51.8 Å². The zero-order valence-corrected chi connectivity index (χ0v) is 12.5. The van der Waals surface area contributed by atoms with Crippen LogP contribution in [-0.2, 0) is 16.0 Å². The molecular weight excluding hydrogens is 254 g/mol. The van der Waals surface area contributed by atoms with E-state index in [-0.39, 0.29) is 5.41 Å². The van der Waals surface area contributed by atoms with Gasteiger partial charge >= 0.3 is 0 Å². The first-order chi connectivity index (χ1) is 9.73. The highest BCUT2D eigenvalue weighted by Crippen LogP contribution is 2.41. The molecule has 5 heteroatoms. The third kappa shape index (κ3) is 2.62. The number of rotatable bonds is 6. The predicted octanol–water partition coefficient (Wildman–Crippen LogP) is 1.18. The number of nitrogens with zero attached hydrogens (tertiary/aromatic N) is 3. The Bertz CT molecular complexity index is 448. The van der Waals surface area contributed by atoms with Gasteiger partial charge in [0.2, 0.25) is 0 Å². The van der Waals surface area contributed by atoms with Crippen molar-refractivity contribution in [2.24, 2.45) is 11.3 Å². The Morgan fingerprint density at radius 2 is 2.40 bits per heavy atom. The Hall–Kier alpha value is -0.910. The molecule has 3 heterocycles. The number of imidazole rings is 1. The molecular formula is C15H25N3O2. The summed E-state index contributed by atoms with van der Waals surface area (Å²) in [4.78, 5) is 6.85. The Balaban J connectivity index is 1.49. The minimum atomic E-state index is 0.250. The zero-order valence-electron chi connectivity index (χ0n) is 12.5. The molecule has 2 aliphatic rings. The van der Waals surface area contributed by atoms with E-state index in [1.165, 1.54) is 6.42 Å². The van der Waals surface area contributed by atoms with Crippen molar-refractivity contribution < 1.29 is 9.47 Å². The molecule has 2 atom stereocenters. The Morgan fingerprint density at radius 1 is 1.50 bits per heavy atom. The maximum atomic E-state index is 5.68. The van der Waals surface area contributed by atoms with Crippen LogP contribution in [0.25, 0.3) is 0 Å². The van der Waals surface area contributed by atoms with E-state index in [2.05, 4.69) is 27.6 Å². The summed E-state index contributed by atoms with van der Waals surface area (Å²) in [6.07, 6.45) is 5.11. The molecule has 0 N–H and O–H groups in total. The predicted molar refractivity (Wildman–Crippen MR) is 76.6 cm³/mol. The largest absolute Gasteiger partial charge is 0.384 e. The molecule has 112 valence electrons. The van der Waals surface area contributed by atoms with Crippen molar-refractivity contribution >= 4 is 0 Å². The maximum Gasteiger partial charge on any atom is 0.105 e. The molecule has 1 aromatic rings. The van der Waals surface area contributed by atoms with Gasteiger partial charge in [-0.1, -0.05) is 0 Å². The van der Waals surface area contributed by atoms with Crippen LogP contribution >= 0.6 is 0 Å². The molecule has 0 spiro atoms. The number of fused-ring (bicyclic) bond motifs is 1. The lowest BCUT2D eigenvalue weighted by atomic mass is 9.82. The van der Waals surface area contributed by atoms with Crippen LogP contribution in [-0.4, -0.2) is 61.0 Å². The molecule has 0 bridgehead atoms. The monoisotopic (exact) mass is 279 g/mol. The Labute approximate surface area is 120 Å². The number of hydrogen-bond donors (Lipinski definition) is 0. The van der Waals surface area contributed by atoms with Gasteiger partial charge in [-0.2, -0.15) is 0 Å². The first-order valence-corrected chi connectivity index (χ1v) is 7.50. The van der Waals surface area contributed by atoms with Crippen molar-refractivity contribution in [3.8, 4) is 0 Å². The van der Waals surface area contributed by atoms with Crippen molar-refractivity contribution in [1.29, 1.82) is 0 Å². The number of methoxy groups -OCH3 is 1. The van der Waals surface area contributed by atoms with Gasteiger partial charge in [-0.25, -0.2) is 4.98 Å². The van der Waals surface area contributed by atoms with Crippen LogP contribution in [0.1, 0.15) is 12.2 Å². The molecule has 3 rings (SSSR count). The van der Waals surface area contributed by atoms with Crippen LogP contribution in [0.3, 0.4) is 0 Å². The summed E-state index contributed by atoms with van der Waals surface area (Å²) in [5, 5.41) is 0. The first-order valence-electron chi connectivity index (χ1n) is 7.50. The van der Waals surface area contributed by atoms with E-state index < -0.39 is 0 Å². The third-order valence-electron chi connectivity index (χ3n) is 4.82. The molecule has 2 aliphatic heterocycles. The van der Waals surface area contributed by atoms with Gasteiger partial charge in [-0.05, 0) is 19.9 Å². The van der Waals surface area contributed by atoms with Gasteiger partial charge in [0.05, 0.1) is 19.8 Å². The second kappa shape index (κ2) is 5.84. The van der Waals surface area contributed by atoms with Crippen LogP contribution < -0.4 is 0 Å². The zero-order chi connectivity index (χ0) is 14.0. The van der Waals surface area contributed by atoms with Crippen LogP contribution in [0.2, 0.25) is 0 Å². The molecule has 0 radical (unpaired) electrons. The van der Waals surface area contributed by atoms with Gasteiger partial charge in [0.1, 0.15) is 5.82 Å². The van der Waals surface area contributed by atoms with Gasteiger partial charge in [0.15, 0.2) is 0 Å². The van der Waals surface area contributed by atoms with E-state index in [1.807, 2.05) is 6.20 Å². The highest BCUT2D eigenvalue weighted by atomic mass is 16.5. The Kier molecular flexibility index (Phi) is 4.10. The molecule has 1 aromatic heterocycles. The van der Waals surface area contributed by atoms with E-state index in [9.17, 15) is 0 Å². The fourth-order valence-corrected chi connectivity index (χ4v) is 3.71. The lowest BCUT2D eigenvalue weighted by molar-refractivity contribution is 0.0538. The van der Waals surface area contributed by atoms with Gasteiger partial charge in [-0.3, -0.25) is 0 Å². The molecule has 5 nitrogen and oxygen atoms in total. The van der Waals surface area contributed by atoms with E-state index >= 15 is 0 Å². The molecule has 2 fully saturated rings. The van der Waals surface area contributed by atoms with E-state index in [0.29, 0.717) is 5.92 Å².